The summed E-state index contributed by atoms with van der Waals surface area (Å²) in [5.41, 5.74) is 2.02. The summed E-state index contributed by atoms with van der Waals surface area (Å²) in [6.07, 6.45) is 6.29. The fourth-order valence-corrected chi connectivity index (χ4v) is 2.89. The Morgan fingerprint density at radius 2 is 1.90 bits per heavy atom. The van der Waals surface area contributed by atoms with Crippen LogP contribution in [0.1, 0.15) is 49.0 Å². The van der Waals surface area contributed by atoms with Crippen LogP contribution >= 0.6 is 0 Å². The van der Waals surface area contributed by atoms with E-state index < -0.39 is 6.10 Å². The van der Waals surface area contributed by atoms with E-state index in [0.717, 1.165) is 11.3 Å². The Labute approximate surface area is 125 Å². The van der Waals surface area contributed by atoms with E-state index in [9.17, 15) is 5.11 Å². The number of nitrogens with one attached hydrogen (secondary N) is 1. The molecule has 1 aromatic heterocycles. The Morgan fingerprint density at radius 3 is 2.67 bits per heavy atom. The lowest BCUT2D eigenvalue weighted by Gasteiger charge is -2.13. The van der Waals surface area contributed by atoms with Crippen molar-refractivity contribution >= 4 is 5.95 Å². The predicted octanol–water partition coefficient (Wildman–Crippen LogP) is 3.28. The molecule has 0 unspecified atom stereocenters. The summed E-state index contributed by atoms with van der Waals surface area (Å²) in [7, 11) is 0. The molecular formula is C17H21N3O. The zero-order chi connectivity index (χ0) is 14.5. The molecule has 1 aromatic carbocycles. The molecular weight excluding hydrogens is 262 g/mol. The summed E-state index contributed by atoms with van der Waals surface area (Å²) < 4.78 is 0. The van der Waals surface area contributed by atoms with Gasteiger partial charge < -0.3 is 10.4 Å². The first-order valence-corrected chi connectivity index (χ1v) is 7.63. The summed E-state index contributed by atoms with van der Waals surface area (Å²) >= 11 is 0. The molecule has 0 aliphatic heterocycles. The second-order valence-electron chi connectivity index (χ2n) is 5.59. The average molecular weight is 283 g/mol. The number of aliphatic hydroxyl groups is 1. The summed E-state index contributed by atoms with van der Waals surface area (Å²) in [4.78, 5) is 8.83. The highest BCUT2D eigenvalue weighted by molar-refractivity contribution is 5.28. The number of anilines is 1. The van der Waals surface area contributed by atoms with Crippen molar-refractivity contribution < 1.29 is 5.11 Å². The van der Waals surface area contributed by atoms with Gasteiger partial charge >= 0.3 is 0 Å². The Bertz CT molecular complexity index is 567. The highest BCUT2D eigenvalue weighted by atomic mass is 16.3. The molecule has 1 fully saturated rings. The van der Waals surface area contributed by atoms with E-state index in [-0.39, 0.29) is 0 Å². The van der Waals surface area contributed by atoms with E-state index >= 15 is 0 Å². The lowest BCUT2D eigenvalue weighted by Crippen LogP contribution is -2.14. The van der Waals surface area contributed by atoms with Crippen LogP contribution in [-0.2, 0) is 0 Å². The molecule has 0 saturated heterocycles. The molecule has 4 nitrogen and oxygen atoms in total. The zero-order valence-electron chi connectivity index (χ0n) is 12.1. The van der Waals surface area contributed by atoms with Gasteiger partial charge in [-0.2, -0.15) is 0 Å². The van der Waals surface area contributed by atoms with Crippen molar-refractivity contribution in [3.63, 3.8) is 0 Å². The maximum Gasteiger partial charge on any atom is 0.222 e. The first-order chi connectivity index (χ1) is 10.3. The van der Waals surface area contributed by atoms with Crippen molar-refractivity contribution in [2.45, 2.75) is 37.7 Å². The van der Waals surface area contributed by atoms with Crippen LogP contribution in [0.5, 0.6) is 0 Å². The molecule has 2 N–H and O–H groups in total. The van der Waals surface area contributed by atoms with Crippen LogP contribution in [0.2, 0.25) is 0 Å². The number of hydrogen-bond donors (Lipinski definition) is 2. The van der Waals surface area contributed by atoms with Crippen molar-refractivity contribution in [3.05, 3.63) is 53.9 Å². The van der Waals surface area contributed by atoms with E-state index in [1.807, 2.05) is 36.4 Å². The summed E-state index contributed by atoms with van der Waals surface area (Å²) in [5.74, 6) is 1.18. The number of aromatic nitrogens is 2. The average Bonchev–Trinajstić information content (AvgIpc) is 3.08. The largest absolute Gasteiger partial charge is 0.387 e. The first kappa shape index (κ1) is 14.0. The molecule has 21 heavy (non-hydrogen) atoms. The van der Waals surface area contributed by atoms with Gasteiger partial charge in [0.05, 0.1) is 6.10 Å². The number of aliphatic hydroxyl groups excluding tert-OH is 1. The van der Waals surface area contributed by atoms with Gasteiger partial charge in [0.25, 0.3) is 0 Å². The van der Waals surface area contributed by atoms with Crippen molar-refractivity contribution in [2.24, 2.45) is 0 Å². The lowest BCUT2D eigenvalue weighted by molar-refractivity contribution is 0.191. The second kappa shape index (κ2) is 6.68. The van der Waals surface area contributed by atoms with Crippen LogP contribution in [0.15, 0.2) is 42.6 Å². The fraction of sp³-hybridized carbons (Fsp3) is 0.412. The Hall–Kier alpha value is -1.94. The minimum atomic E-state index is -0.551. The number of benzene rings is 1. The monoisotopic (exact) mass is 283 g/mol. The molecule has 2 aromatic rings. The van der Waals surface area contributed by atoms with Crippen LogP contribution < -0.4 is 5.32 Å². The van der Waals surface area contributed by atoms with Gasteiger partial charge in [0.15, 0.2) is 0 Å². The third kappa shape index (κ3) is 3.58. The van der Waals surface area contributed by atoms with E-state index in [1.165, 1.54) is 25.7 Å². The van der Waals surface area contributed by atoms with Crippen molar-refractivity contribution in [2.75, 3.05) is 11.9 Å². The van der Waals surface area contributed by atoms with Crippen LogP contribution in [0.25, 0.3) is 0 Å². The number of nitrogens with zero attached hydrogens (tertiary/aromatic N) is 2. The quantitative estimate of drug-likeness (QED) is 0.884. The molecule has 1 heterocycles. The van der Waals surface area contributed by atoms with E-state index in [2.05, 4.69) is 15.3 Å². The minimum absolute atomic E-state index is 0.415. The third-order valence-electron chi connectivity index (χ3n) is 4.09. The number of rotatable bonds is 5. The number of hydrogen-bond acceptors (Lipinski definition) is 4. The van der Waals surface area contributed by atoms with Crippen LogP contribution in [0, 0.1) is 0 Å². The second-order valence-corrected chi connectivity index (χ2v) is 5.59. The van der Waals surface area contributed by atoms with E-state index in [1.54, 1.807) is 6.20 Å². The van der Waals surface area contributed by atoms with Crippen LogP contribution in [0.3, 0.4) is 0 Å². The standard InChI is InChI=1S/C17H21N3O/c21-16(14-8-2-1-3-9-14)12-19-17-18-11-10-15(20-17)13-6-4-5-7-13/h1-3,8-11,13,16,21H,4-7,12H2,(H,18,19,20)/t16-/m0/s1. The minimum Gasteiger partial charge on any atom is -0.387 e. The molecule has 1 atom stereocenters. The summed E-state index contributed by atoms with van der Waals surface area (Å²) in [5, 5.41) is 13.3. The van der Waals surface area contributed by atoms with Gasteiger partial charge in [-0.3, -0.25) is 0 Å². The highest BCUT2D eigenvalue weighted by Crippen LogP contribution is 2.32. The maximum absolute atomic E-state index is 10.1. The molecule has 0 radical (unpaired) electrons. The van der Waals surface area contributed by atoms with Gasteiger partial charge in [0.2, 0.25) is 5.95 Å². The molecule has 4 heteroatoms. The van der Waals surface area contributed by atoms with E-state index in [0.29, 0.717) is 18.4 Å². The van der Waals surface area contributed by atoms with Crippen molar-refractivity contribution in [3.8, 4) is 0 Å². The lowest BCUT2D eigenvalue weighted by atomic mass is 10.0. The molecule has 110 valence electrons. The highest BCUT2D eigenvalue weighted by Gasteiger charge is 2.18. The molecule has 0 spiro atoms. The molecule has 1 aliphatic rings. The van der Waals surface area contributed by atoms with Gasteiger partial charge in [0, 0.05) is 24.4 Å². The fourth-order valence-electron chi connectivity index (χ4n) is 2.89. The molecule has 0 amide bonds. The molecule has 3 rings (SSSR count). The Morgan fingerprint density at radius 1 is 1.14 bits per heavy atom. The first-order valence-electron chi connectivity index (χ1n) is 7.63. The Balaban J connectivity index is 1.61. The summed E-state index contributed by atoms with van der Waals surface area (Å²) in [6, 6.07) is 11.6. The van der Waals surface area contributed by atoms with Gasteiger partial charge in [-0.25, -0.2) is 9.97 Å². The SMILES string of the molecule is O[C@@H](CNc1nccc(C2CCCC2)n1)c1ccccc1. The zero-order valence-corrected chi connectivity index (χ0v) is 12.1. The van der Waals surface area contributed by atoms with Gasteiger partial charge in [-0.05, 0) is 24.5 Å². The normalized spacial score (nSPS) is 16.8. The topological polar surface area (TPSA) is 58.0 Å². The third-order valence-corrected chi connectivity index (χ3v) is 4.09. The molecule has 0 bridgehead atoms. The van der Waals surface area contributed by atoms with Gasteiger partial charge in [-0.1, -0.05) is 43.2 Å². The van der Waals surface area contributed by atoms with Crippen molar-refractivity contribution in [1.29, 1.82) is 0 Å². The Kier molecular flexibility index (Phi) is 4.46. The van der Waals surface area contributed by atoms with Crippen LogP contribution in [-0.4, -0.2) is 21.6 Å². The predicted molar refractivity (Wildman–Crippen MR) is 83.1 cm³/mol. The van der Waals surface area contributed by atoms with Gasteiger partial charge in [-0.15, -0.1) is 0 Å². The smallest absolute Gasteiger partial charge is 0.222 e. The maximum atomic E-state index is 10.1. The molecule has 1 saturated carbocycles. The van der Waals surface area contributed by atoms with E-state index in [4.69, 9.17) is 0 Å². The summed E-state index contributed by atoms with van der Waals surface area (Å²) in [6.45, 7) is 0.415. The van der Waals surface area contributed by atoms with Gasteiger partial charge in [0.1, 0.15) is 0 Å². The molecule has 1 aliphatic carbocycles. The van der Waals surface area contributed by atoms with Crippen molar-refractivity contribution in [1.82, 2.24) is 9.97 Å². The van der Waals surface area contributed by atoms with Crippen LogP contribution in [0.4, 0.5) is 5.95 Å².